The van der Waals surface area contributed by atoms with Gasteiger partial charge in [-0.1, -0.05) is 41.7 Å². The molecule has 0 spiro atoms. The molecule has 27 heavy (non-hydrogen) atoms. The number of carbonyl (C=O) groups is 1. The Hall–Kier alpha value is -2.32. The van der Waals surface area contributed by atoms with E-state index in [9.17, 15) is 4.79 Å². The Morgan fingerprint density at radius 3 is 2.52 bits per heavy atom. The molecular weight excluding hydrogens is 384 g/mol. The molecule has 6 nitrogen and oxygen atoms in total. The van der Waals surface area contributed by atoms with E-state index in [0.717, 1.165) is 15.8 Å². The molecule has 2 aromatic rings. The van der Waals surface area contributed by atoms with Gasteiger partial charge in [-0.25, -0.2) is 4.99 Å². The third kappa shape index (κ3) is 4.70. The molecule has 1 aliphatic heterocycles. The molecule has 0 saturated carbocycles. The predicted octanol–water partition coefficient (Wildman–Crippen LogP) is 4.32. The first-order valence-electron chi connectivity index (χ1n) is 8.16. The summed E-state index contributed by atoms with van der Waals surface area (Å²) in [5.74, 6) is 2.48. The van der Waals surface area contributed by atoms with Crippen LogP contribution in [0, 0.1) is 0 Å². The van der Waals surface area contributed by atoms with Crippen LogP contribution in [0.5, 0.6) is 17.2 Å². The van der Waals surface area contributed by atoms with E-state index in [-0.39, 0.29) is 11.7 Å². The topological polar surface area (TPSA) is 69.2 Å². The average molecular weight is 405 g/mol. The normalized spacial score (nSPS) is 12.6. The predicted molar refractivity (Wildman–Crippen MR) is 112 cm³/mol. The highest BCUT2D eigenvalue weighted by Gasteiger charge is 2.16. The molecule has 0 fully saturated rings. The van der Waals surface area contributed by atoms with Crippen LogP contribution >= 0.6 is 23.5 Å². The molecule has 0 saturated heterocycles. The van der Waals surface area contributed by atoms with Crippen molar-refractivity contribution in [3.05, 3.63) is 42.0 Å². The van der Waals surface area contributed by atoms with E-state index in [1.807, 2.05) is 18.2 Å². The Balaban J connectivity index is 1.64. The summed E-state index contributed by atoms with van der Waals surface area (Å²) in [4.78, 5) is 17.0. The molecule has 1 heterocycles. The van der Waals surface area contributed by atoms with Crippen molar-refractivity contribution in [3.63, 3.8) is 0 Å². The number of fused-ring (bicyclic) bond motifs is 1. The fourth-order valence-electron chi connectivity index (χ4n) is 2.56. The van der Waals surface area contributed by atoms with E-state index in [1.54, 1.807) is 23.9 Å². The first-order chi connectivity index (χ1) is 13.1. The number of carbonyl (C=O) groups excluding carboxylic acids is 1. The molecule has 1 N–H and O–H groups in total. The Bertz CT molecular complexity index is 846. The van der Waals surface area contributed by atoms with Gasteiger partial charge in [0.15, 0.2) is 11.5 Å². The van der Waals surface area contributed by atoms with Crippen molar-refractivity contribution in [1.29, 1.82) is 0 Å². The number of hydrogen-bond donors (Lipinski definition) is 1. The number of nitrogens with one attached hydrogen (secondary N) is 1. The van der Waals surface area contributed by atoms with Crippen molar-refractivity contribution in [2.24, 2.45) is 4.99 Å². The van der Waals surface area contributed by atoms with Crippen molar-refractivity contribution < 1.29 is 19.0 Å². The largest absolute Gasteiger partial charge is 0.493 e. The van der Waals surface area contributed by atoms with Crippen molar-refractivity contribution in [1.82, 2.24) is 0 Å². The van der Waals surface area contributed by atoms with Gasteiger partial charge in [0, 0.05) is 23.6 Å². The minimum atomic E-state index is -0.128. The zero-order valence-electron chi connectivity index (χ0n) is 15.3. The molecule has 0 radical (unpaired) electrons. The summed E-state index contributed by atoms with van der Waals surface area (Å²) in [6, 6.07) is 11.5. The second kappa shape index (κ2) is 9.05. The van der Waals surface area contributed by atoms with Crippen LogP contribution in [0.15, 0.2) is 41.4 Å². The van der Waals surface area contributed by atoms with Gasteiger partial charge in [0.25, 0.3) is 0 Å². The van der Waals surface area contributed by atoms with E-state index < -0.39 is 0 Å². The first-order valence-corrected chi connectivity index (χ1v) is 10.1. The molecule has 0 aliphatic carbocycles. The quantitative estimate of drug-likeness (QED) is 0.773. The Morgan fingerprint density at radius 1 is 1.15 bits per heavy atom. The molecule has 0 bridgehead atoms. The van der Waals surface area contributed by atoms with Gasteiger partial charge < -0.3 is 19.5 Å². The second-order valence-electron chi connectivity index (χ2n) is 5.55. The Kier molecular flexibility index (Phi) is 6.52. The summed E-state index contributed by atoms with van der Waals surface area (Å²) in [5, 5.41) is 2.86. The minimum Gasteiger partial charge on any atom is -0.493 e. The SMILES string of the molecule is COc1cc(NC(=O)CSC2=Nc3ccccc3CS2)cc(OC)c1OC. The number of rotatable bonds is 6. The summed E-state index contributed by atoms with van der Waals surface area (Å²) in [7, 11) is 4.61. The van der Waals surface area contributed by atoms with Gasteiger partial charge in [0.2, 0.25) is 11.7 Å². The van der Waals surface area contributed by atoms with E-state index >= 15 is 0 Å². The van der Waals surface area contributed by atoms with E-state index in [1.165, 1.54) is 38.7 Å². The number of amides is 1. The molecule has 0 atom stereocenters. The maximum atomic E-state index is 12.3. The fourth-order valence-corrected chi connectivity index (χ4v) is 4.43. The molecule has 2 aromatic carbocycles. The molecule has 0 unspecified atom stereocenters. The third-order valence-electron chi connectivity index (χ3n) is 3.83. The monoisotopic (exact) mass is 404 g/mol. The van der Waals surface area contributed by atoms with Crippen LogP contribution in [-0.2, 0) is 10.5 Å². The standard InChI is InChI=1S/C19H20N2O4S2/c1-23-15-8-13(9-16(24-2)18(15)25-3)20-17(22)11-27-19-21-14-7-5-4-6-12(14)10-26-19/h4-9H,10-11H2,1-3H3,(H,20,22). The number of ether oxygens (including phenoxy) is 3. The van der Waals surface area contributed by atoms with Crippen LogP contribution in [0.3, 0.4) is 0 Å². The fraction of sp³-hybridized carbons (Fsp3) is 0.263. The molecule has 0 aromatic heterocycles. The number of hydrogen-bond acceptors (Lipinski definition) is 7. The molecular formula is C19H20N2O4S2. The van der Waals surface area contributed by atoms with Gasteiger partial charge in [0.05, 0.1) is 32.8 Å². The van der Waals surface area contributed by atoms with Gasteiger partial charge in [-0.2, -0.15) is 0 Å². The van der Waals surface area contributed by atoms with Crippen LogP contribution in [0.1, 0.15) is 5.56 Å². The smallest absolute Gasteiger partial charge is 0.234 e. The van der Waals surface area contributed by atoms with Crippen LogP contribution in [-0.4, -0.2) is 37.4 Å². The molecule has 142 valence electrons. The maximum Gasteiger partial charge on any atom is 0.234 e. The summed E-state index contributed by atoms with van der Waals surface area (Å²) in [5.41, 5.74) is 2.77. The first kappa shape index (κ1) is 19.4. The van der Waals surface area contributed by atoms with Crippen molar-refractivity contribution >= 4 is 45.2 Å². The zero-order valence-corrected chi connectivity index (χ0v) is 16.9. The number of anilines is 1. The number of methoxy groups -OCH3 is 3. The minimum absolute atomic E-state index is 0.128. The second-order valence-corrected chi connectivity index (χ2v) is 7.73. The Labute approximate surface area is 166 Å². The Morgan fingerprint density at radius 2 is 1.85 bits per heavy atom. The lowest BCUT2D eigenvalue weighted by molar-refractivity contribution is -0.113. The van der Waals surface area contributed by atoms with Gasteiger partial charge in [-0.3, -0.25) is 4.79 Å². The number of aliphatic imine (C=N–C) groups is 1. The van der Waals surface area contributed by atoms with Crippen molar-refractivity contribution in [2.45, 2.75) is 5.75 Å². The summed E-state index contributed by atoms with van der Waals surface area (Å²) >= 11 is 3.08. The molecule has 1 aliphatic rings. The highest BCUT2D eigenvalue weighted by Crippen LogP contribution is 2.40. The molecule has 1 amide bonds. The lowest BCUT2D eigenvalue weighted by Crippen LogP contribution is -2.15. The average Bonchev–Trinajstić information content (AvgIpc) is 2.71. The highest BCUT2D eigenvalue weighted by atomic mass is 32.2. The van der Waals surface area contributed by atoms with Gasteiger partial charge in [-0.15, -0.1) is 0 Å². The van der Waals surface area contributed by atoms with Gasteiger partial charge in [-0.05, 0) is 11.6 Å². The van der Waals surface area contributed by atoms with E-state index in [0.29, 0.717) is 22.9 Å². The lowest BCUT2D eigenvalue weighted by Gasteiger charge is -2.15. The van der Waals surface area contributed by atoms with Gasteiger partial charge in [0.1, 0.15) is 4.38 Å². The van der Waals surface area contributed by atoms with Crippen molar-refractivity contribution in [2.75, 3.05) is 32.4 Å². The third-order valence-corrected chi connectivity index (χ3v) is 6.08. The highest BCUT2D eigenvalue weighted by molar-refractivity contribution is 8.38. The van der Waals surface area contributed by atoms with E-state index in [4.69, 9.17) is 14.2 Å². The molecule has 8 heteroatoms. The van der Waals surface area contributed by atoms with Crippen LogP contribution < -0.4 is 19.5 Å². The lowest BCUT2D eigenvalue weighted by atomic mass is 10.2. The maximum absolute atomic E-state index is 12.3. The number of nitrogens with zero attached hydrogens (tertiary/aromatic N) is 1. The van der Waals surface area contributed by atoms with E-state index in [2.05, 4.69) is 16.4 Å². The van der Waals surface area contributed by atoms with Crippen LogP contribution in [0.25, 0.3) is 0 Å². The number of thioether (sulfide) groups is 2. The summed E-state index contributed by atoms with van der Waals surface area (Å²) in [6.07, 6.45) is 0. The molecule has 3 rings (SSSR count). The van der Waals surface area contributed by atoms with Gasteiger partial charge >= 0.3 is 0 Å². The summed E-state index contributed by atoms with van der Waals surface area (Å²) in [6.45, 7) is 0. The summed E-state index contributed by atoms with van der Waals surface area (Å²) < 4.78 is 16.8. The van der Waals surface area contributed by atoms with Crippen LogP contribution in [0.2, 0.25) is 0 Å². The van der Waals surface area contributed by atoms with Crippen molar-refractivity contribution in [3.8, 4) is 17.2 Å². The van der Waals surface area contributed by atoms with Crippen LogP contribution in [0.4, 0.5) is 11.4 Å². The zero-order chi connectivity index (χ0) is 19.2. The number of para-hydroxylation sites is 1. The number of benzene rings is 2.